The van der Waals surface area contributed by atoms with Crippen molar-refractivity contribution in [1.29, 1.82) is 0 Å². The van der Waals surface area contributed by atoms with E-state index in [4.69, 9.17) is 9.47 Å². The molecule has 0 aromatic heterocycles. The molecule has 0 fully saturated rings. The lowest BCUT2D eigenvalue weighted by atomic mass is 10.1. The molecule has 0 heterocycles. The summed E-state index contributed by atoms with van der Waals surface area (Å²) < 4.78 is 11.4. The van der Waals surface area contributed by atoms with Crippen LogP contribution >= 0.6 is 0 Å². The van der Waals surface area contributed by atoms with Crippen molar-refractivity contribution < 1.29 is 14.3 Å². The minimum absolute atomic E-state index is 0.149. The van der Waals surface area contributed by atoms with E-state index in [1.54, 1.807) is 0 Å². The average Bonchev–Trinajstić information content (AvgIpc) is 2.77. The highest BCUT2D eigenvalue weighted by atomic mass is 16.5. The number of anilines is 1. The molecule has 5 nitrogen and oxygen atoms in total. The van der Waals surface area contributed by atoms with Crippen LogP contribution in [0.4, 0.5) is 5.69 Å². The molecule has 0 spiro atoms. The minimum atomic E-state index is -0.512. The van der Waals surface area contributed by atoms with Gasteiger partial charge in [0.25, 0.3) is 0 Å². The van der Waals surface area contributed by atoms with Crippen LogP contribution in [0, 0.1) is 6.92 Å². The molecule has 3 rings (SSSR count). The quantitative estimate of drug-likeness (QED) is 0.479. The van der Waals surface area contributed by atoms with Gasteiger partial charge in [-0.2, -0.15) is 0 Å². The van der Waals surface area contributed by atoms with Gasteiger partial charge in [0.05, 0.1) is 12.3 Å². The highest BCUT2D eigenvalue weighted by Crippen LogP contribution is 2.25. The second kappa shape index (κ2) is 11.0. The Bertz CT molecular complexity index is 927. The molecule has 0 bridgehead atoms. The van der Waals surface area contributed by atoms with Crippen molar-refractivity contribution in [3.05, 3.63) is 90.0 Å². The zero-order chi connectivity index (χ0) is 21.2. The number of carbonyl (C=O) groups excluding carboxylic acids is 1. The average molecular weight is 405 g/mol. The number of hydrogen-bond donors (Lipinski definition) is 2. The summed E-state index contributed by atoms with van der Waals surface area (Å²) >= 11 is 0. The Morgan fingerprint density at radius 3 is 2.33 bits per heavy atom. The molecule has 1 atom stereocenters. The summed E-state index contributed by atoms with van der Waals surface area (Å²) in [7, 11) is 0. The summed E-state index contributed by atoms with van der Waals surface area (Å²) in [5.41, 5.74) is 2.73. The number of ether oxygens (including phenoxy) is 2. The van der Waals surface area contributed by atoms with Crippen molar-refractivity contribution in [2.24, 2.45) is 0 Å². The first-order valence-corrected chi connectivity index (χ1v) is 10.2. The molecule has 0 aliphatic heterocycles. The first kappa shape index (κ1) is 21.4. The molecule has 3 aromatic carbocycles. The van der Waals surface area contributed by atoms with E-state index in [2.05, 4.69) is 10.6 Å². The molecule has 0 aliphatic carbocycles. The van der Waals surface area contributed by atoms with Crippen molar-refractivity contribution in [3.8, 4) is 11.5 Å². The minimum Gasteiger partial charge on any atom is -0.492 e. The van der Waals surface area contributed by atoms with Crippen LogP contribution in [-0.2, 0) is 4.79 Å². The molecule has 2 N–H and O–H groups in total. The monoisotopic (exact) mass is 404 g/mol. The lowest BCUT2D eigenvalue weighted by molar-refractivity contribution is -0.118. The van der Waals surface area contributed by atoms with Gasteiger partial charge in [0.15, 0.2) is 0 Å². The number of rotatable bonds is 10. The maximum Gasteiger partial charge on any atom is 0.246 e. The van der Waals surface area contributed by atoms with E-state index in [1.807, 2.05) is 92.7 Å². The maximum atomic E-state index is 13.1. The second-order valence-electron chi connectivity index (χ2n) is 6.88. The molecule has 0 aliphatic rings. The van der Waals surface area contributed by atoms with E-state index < -0.39 is 6.04 Å². The number of hydrogen-bond acceptors (Lipinski definition) is 4. The van der Waals surface area contributed by atoms with E-state index in [1.165, 1.54) is 5.56 Å². The fourth-order valence-corrected chi connectivity index (χ4v) is 3.07. The smallest absolute Gasteiger partial charge is 0.246 e. The number of nitrogens with one attached hydrogen (secondary N) is 2. The highest BCUT2D eigenvalue weighted by molar-refractivity contribution is 5.96. The Labute approximate surface area is 178 Å². The lowest BCUT2D eigenvalue weighted by Crippen LogP contribution is -2.35. The van der Waals surface area contributed by atoms with Crippen LogP contribution in [0.2, 0.25) is 0 Å². The van der Waals surface area contributed by atoms with Crippen molar-refractivity contribution in [3.63, 3.8) is 0 Å². The number of benzene rings is 3. The Morgan fingerprint density at radius 2 is 1.60 bits per heavy atom. The zero-order valence-corrected chi connectivity index (χ0v) is 17.4. The second-order valence-corrected chi connectivity index (χ2v) is 6.88. The molecule has 30 heavy (non-hydrogen) atoms. The van der Waals surface area contributed by atoms with Crippen LogP contribution in [0.25, 0.3) is 0 Å². The summed E-state index contributed by atoms with van der Waals surface area (Å²) in [5, 5.41) is 6.30. The molecule has 0 radical (unpaired) electrons. The van der Waals surface area contributed by atoms with Gasteiger partial charge in [0.1, 0.15) is 24.1 Å². The Hall–Kier alpha value is -3.31. The predicted octanol–water partition coefficient (Wildman–Crippen LogP) is 4.74. The van der Waals surface area contributed by atoms with E-state index >= 15 is 0 Å². The van der Waals surface area contributed by atoms with E-state index in [0.717, 1.165) is 11.3 Å². The third kappa shape index (κ3) is 6.09. The Morgan fingerprint density at radius 1 is 0.900 bits per heavy atom. The molecular formula is C25H28N2O3. The van der Waals surface area contributed by atoms with Gasteiger partial charge < -0.3 is 14.8 Å². The fourth-order valence-electron chi connectivity index (χ4n) is 3.07. The van der Waals surface area contributed by atoms with Crippen LogP contribution < -0.4 is 20.1 Å². The molecule has 3 aromatic rings. The van der Waals surface area contributed by atoms with Crippen LogP contribution in [0.15, 0.2) is 78.9 Å². The first-order valence-electron chi connectivity index (χ1n) is 10.2. The van der Waals surface area contributed by atoms with E-state index in [0.29, 0.717) is 31.2 Å². The predicted molar refractivity (Wildman–Crippen MR) is 120 cm³/mol. The van der Waals surface area contributed by atoms with Gasteiger partial charge in [-0.3, -0.25) is 10.1 Å². The third-order valence-electron chi connectivity index (χ3n) is 4.58. The molecule has 0 saturated carbocycles. The molecule has 156 valence electrons. The van der Waals surface area contributed by atoms with Crippen molar-refractivity contribution in [2.75, 3.05) is 25.1 Å². The zero-order valence-electron chi connectivity index (χ0n) is 17.4. The molecule has 0 unspecified atom stereocenters. The summed E-state index contributed by atoms with van der Waals surface area (Å²) in [6, 6.07) is 24.5. The van der Waals surface area contributed by atoms with Crippen LogP contribution in [0.5, 0.6) is 11.5 Å². The Balaban J connectivity index is 1.65. The van der Waals surface area contributed by atoms with E-state index in [9.17, 15) is 4.79 Å². The molecule has 5 heteroatoms. The summed E-state index contributed by atoms with van der Waals surface area (Å²) in [4.78, 5) is 13.1. The molecular weight excluding hydrogens is 376 g/mol. The summed E-state index contributed by atoms with van der Waals surface area (Å²) in [6.45, 7) is 5.46. The van der Waals surface area contributed by atoms with Gasteiger partial charge in [-0.15, -0.1) is 0 Å². The van der Waals surface area contributed by atoms with Crippen molar-refractivity contribution in [2.45, 2.75) is 19.9 Å². The Kier molecular flexibility index (Phi) is 7.86. The SMILES string of the molecule is CCOc1ccccc1NC(=O)[C@@H](NCCOc1ccc(C)cc1)c1ccccc1. The van der Waals surface area contributed by atoms with Gasteiger partial charge in [-0.1, -0.05) is 60.2 Å². The van der Waals surface area contributed by atoms with Gasteiger partial charge >= 0.3 is 0 Å². The van der Waals surface area contributed by atoms with Gasteiger partial charge in [-0.25, -0.2) is 0 Å². The largest absolute Gasteiger partial charge is 0.492 e. The lowest BCUT2D eigenvalue weighted by Gasteiger charge is -2.20. The van der Waals surface area contributed by atoms with Crippen molar-refractivity contribution in [1.82, 2.24) is 5.32 Å². The first-order chi connectivity index (χ1) is 14.7. The summed E-state index contributed by atoms with van der Waals surface area (Å²) in [6.07, 6.45) is 0. The van der Waals surface area contributed by atoms with Gasteiger partial charge in [0, 0.05) is 6.54 Å². The number of carbonyl (C=O) groups is 1. The third-order valence-corrected chi connectivity index (χ3v) is 4.58. The molecule has 1 amide bonds. The van der Waals surface area contributed by atoms with Gasteiger partial charge in [-0.05, 0) is 43.7 Å². The fraction of sp³-hybridized carbons (Fsp3) is 0.240. The van der Waals surface area contributed by atoms with Crippen LogP contribution in [0.3, 0.4) is 0 Å². The van der Waals surface area contributed by atoms with Gasteiger partial charge in [0.2, 0.25) is 5.91 Å². The number of amides is 1. The van der Waals surface area contributed by atoms with Crippen molar-refractivity contribution >= 4 is 11.6 Å². The van der Waals surface area contributed by atoms with E-state index in [-0.39, 0.29) is 5.91 Å². The normalized spacial score (nSPS) is 11.5. The number of aryl methyl sites for hydroxylation is 1. The standard InChI is InChI=1S/C25H28N2O3/c1-3-29-23-12-8-7-11-22(23)27-25(28)24(20-9-5-4-6-10-20)26-17-18-30-21-15-13-19(2)14-16-21/h4-16,24,26H,3,17-18H2,1-2H3,(H,27,28)/t24-/m0/s1. The van der Waals surface area contributed by atoms with Crippen LogP contribution in [-0.4, -0.2) is 25.7 Å². The van der Waals surface area contributed by atoms with Crippen LogP contribution in [0.1, 0.15) is 24.1 Å². The topological polar surface area (TPSA) is 59.6 Å². The summed E-state index contributed by atoms with van der Waals surface area (Å²) in [5.74, 6) is 1.32. The number of para-hydroxylation sites is 2. The maximum absolute atomic E-state index is 13.1. The molecule has 0 saturated heterocycles. The highest BCUT2D eigenvalue weighted by Gasteiger charge is 2.21.